The lowest BCUT2D eigenvalue weighted by Gasteiger charge is -2.22. The van der Waals surface area contributed by atoms with Crippen molar-refractivity contribution in [1.29, 1.82) is 0 Å². The number of hydrogen-bond donors (Lipinski definition) is 2. The molecule has 5 heteroatoms. The third kappa shape index (κ3) is 4.37. The highest BCUT2D eigenvalue weighted by atomic mass is 35.5. The molecule has 2 aromatic carbocycles. The maximum absolute atomic E-state index is 10.4. The summed E-state index contributed by atoms with van der Waals surface area (Å²) >= 11 is 0. The molecule has 2 rings (SSSR count). The highest BCUT2D eigenvalue weighted by Gasteiger charge is 2.21. The third-order valence-corrected chi connectivity index (χ3v) is 3.50. The summed E-state index contributed by atoms with van der Waals surface area (Å²) in [6, 6.07) is 14.6. The highest BCUT2D eigenvalue weighted by molar-refractivity contribution is 5.85. The molecule has 2 aromatic rings. The monoisotopic (exact) mass is 323 g/mol. The number of halogens is 1. The molecule has 0 amide bonds. The van der Waals surface area contributed by atoms with Gasteiger partial charge in [0.15, 0.2) is 0 Å². The Morgan fingerprint density at radius 1 is 1.05 bits per heavy atom. The number of methoxy groups -OCH3 is 2. The Hall–Kier alpha value is -1.75. The van der Waals surface area contributed by atoms with Gasteiger partial charge in [-0.3, -0.25) is 0 Å². The predicted molar refractivity (Wildman–Crippen MR) is 89.9 cm³/mol. The minimum atomic E-state index is -0.701. The number of aliphatic hydroxyl groups excluding tert-OH is 1. The van der Waals surface area contributed by atoms with Crippen molar-refractivity contribution < 1.29 is 14.6 Å². The molecule has 0 aromatic heterocycles. The lowest BCUT2D eigenvalue weighted by molar-refractivity contribution is 0.143. The van der Waals surface area contributed by atoms with E-state index in [0.29, 0.717) is 17.9 Å². The van der Waals surface area contributed by atoms with Gasteiger partial charge in [-0.1, -0.05) is 30.3 Å². The minimum absolute atomic E-state index is 0. The molecule has 0 radical (unpaired) electrons. The standard InChI is InChI=1S/C17H21NO3.ClH/c1-20-13-8-9-16(21-2)14(11-13)17(18)15(19)10-12-6-4-3-5-7-12;/h3-9,11,15,17,19H,10,18H2,1-2H3;1H/t15-,17+;/m0./s1. The molecule has 3 N–H and O–H groups in total. The first-order valence-corrected chi connectivity index (χ1v) is 6.85. The first-order chi connectivity index (χ1) is 10.2. The second-order valence-electron chi connectivity index (χ2n) is 4.89. The number of benzene rings is 2. The van der Waals surface area contributed by atoms with Crippen LogP contribution in [0.4, 0.5) is 0 Å². The van der Waals surface area contributed by atoms with Crippen LogP contribution < -0.4 is 15.2 Å². The van der Waals surface area contributed by atoms with Gasteiger partial charge in [-0.15, -0.1) is 12.4 Å². The zero-order valence-electron chi connectivity index (χ0n) is 12.7. The van der Waals surface area contributed by atoms with Gasteiger partial charge in [0.25, 0.3) is 0 Å². The fourth-order valence-electron chi connectivity index (χ4n) is 2.29. The van der Waals surface area contributed by atoms with Gasteiger partial charge in [0.1, 0.15) is 11.5 Å². The number of hydrogen-bond acceptors (Lipinski definition) is 4. The SMILES string of the molecule is COc1ccc(OC)c([C@@H](N)[C@@H](O)Cc2ccccc2)c1.Cl. The van der Waals surface area contributed by atoms with Crippen LogP contribution in [0.25, 0.3) is 0 Å². The maximum Gasteiger partial charge on any atom is 0.123 e. The zero-order valence-corrected chi connectivity index (χ0v) is 13.5. The Bertz CT molecular complexity index is 577. The van der Waals surface area contributed by atoms with E-state index in [1.165, 1.54) is 0 Å². The van der Waals surface area contributed by atoms with E-state index in [-0.39, 0.29) is 12.4 Å². The molecular weight excluding hydrogens is 302 g/mol. The number of nitrogens with two attached hydrogens (primary N) is 1. The molecular formula is C17H22ClNO3. The second-order valence-corrected chi connectivity index (χ2v) is 4.89. The van der Waals surface area contributed by atoms with Crippen molar-refractivity contribution >= 4 is 12.4 Å². The fraction of sp³-hybridized carbons (Fsp3) is 0.294. The van der Waals surface area contributed by atoms with Gasteiger partial charge in [0, 0.05) is 12.0 Å². The van der Waals surface area contributed by atoms with Crippen LogP contribution in [0.3, 0.4) is 0 Å². The van der Waals surface area contributed by atoms with Crippen LogP contribution in [0.1, 0.15) is 17.2 Å². The van der Waals surface area contributed by atoms with E-state index in [9.17, 15) is 5.11 Å². The van der Waals surface area contributed by atoms with Crippen molar-refractivity contribution in [3.8, 4) is 11.5 Å². The molecule has 0 spiro atoms. The molecule has 120 valence electrons. The topological polar surface area (TPSA) is 64.7 Å². The van der Waals surface area contributed by atoms with Gasteiger partial charge >= 0.3 is 0 Å². The summed E-state index contributed by atoms with van der Waals surface area (Å²) in [7, 11) is 3.18. The Morgan fingerprint density at radius 2 is 1.73 bits per heavy atom. The van der Waals surface area contributed by atoms with Gasteiger partial charge in [0.05, 0.1) is 26.4 Å². The van der Waals surface area contributed by atoms with Crippen LogP contribution in [-0.4, -0.2) is 25.4 Å². The van der Waals surface area contributed by atoms with Gasteiger partial charge in [-0.2, -0.15) is 0 Å². The molecule has 0 saturated heterocycles. The zero-order chi connectivity index (χ0) is 15.2. The predicted octanol–water partition coefficient (Wildman–Crippen LogP) is 2.73. The van der Waals surface area contributed by atoms with Crippen molar-refractivity contribution in [3.05, 3.63) is 59.7 Å². The summed E-state index contributed by atoms with van der Waals surface area (Å²) in [5.74, 6) is 1.34. The van der Waals surface area contributed by atoms with Crippen LogP contribution in [0.15, 0.2) is 48.5 Å². The van der Waals surface area contributed by atoms with Crippen molar-refractivity contribution in [2.45, 2.75) is 18.6 Å². The van der Waals surface area contributed by atoms with E-state index < -0.39 is 12.1 Å². The normalized spacial score (nSPS) is 12.9. The quantitative estimate of drug-likeness (QED) is 0.858. The molecule has 4 nitrogen and oxygen atoms in total. The van der Waals surface area contributed by atoms with Crippen LogP contribution in [0.2, 0.25) is 0 Å². The summed E-state index contributed by atoms with van der Waals surface area (Å²) < 4.78 is 10.5. The molecule has 2 atom stereocenters. The molecule has 0 saturated carbocycles. The lowest BCUT2D eigenvalue weighted by Crippen LogP contribution is -2.28. The van der Waals surface area contributed by atoms with E-state index in [4.69, 9.17) is 15.2 Å². The molecule has 0 aliphatic heterocycles. The average Bonchev–Trinajstić information content (AvgIpc) is 2.54. The van der Waals surface area contributed by atoms with Crippen molar-refractivity contribution in [1.82, 2.24) is 0 Å². The molecule has 0 aliphatic carbocycles. The smallest absolute Gasteiger partial charge is 0.123 e. The summed E-state index contributed by atoms with van der Waals surface area (Å²) in [5.41, 5.74) is 7.98. The van der Waals surface area contributed by atoms with Crippen LogP contribution in [0.5, 0.6) is 11.5 Å². The van der Waals surface area contributed by atoms with Crippen molar-refractivity contribution in [2.24, 2.45) is 5.73 Å². The summed E-state index contributed by atoms with van der Waals surface area (Å²) in [6.07, 6.45) is -0.212. The first-order valence-electron chi connectivity index (χ1n) is 6.85. The Kier molecular flexibility index (Phi) is 7.18. The van der Waals surface area contributed by atoms with Crippen LogP contribution >= 0.6 is 12.4 Å². The third-order valence-electron chi connectivity index (χ3n) is 3.50. The summed E-state index contributed by atoms with van der Waals surface area (Å²) in [5, 5.41) is 10.4. The van der Waals surface area contributed by atoms with Crippen molar-refractivity contribution in [2.75, 3.05) is 14.2 Å². The van der Waals surface area contributed by atoms with E-state index >= 15 is 0 Å². The van der Waals surface area contributed by atoms with Gasteiger partial charge in [0.2, 0.25) is 0 Å². The molecule has 0 bridgehead atoms. The number of rotatable bonds is 6. The van der Waals surface area contributed by atoms with Gasteiger partial charge in [-0.25, -0.2) is 0 Å². The summed E-state index contributed by atoms with van der Waals surface area (Å²) in [6.45, 7) is 0. The highest BCUT2D eigenvalue weighted by Crippen LogP contribution is 2.30. The Morgan fingerprint density at radius 3 is 2.32 bits per heavy atom. The fourth-order valence-corrected chi connectivity index (χ4v) is 2.29. The van der Waals surface area contributed by atoms with E-state index in [1.54, 1.807) is 32.4 Å². The van der Waals surface area contributed by atoms with Gasteiger partial charge in [-0.05, 0) is 23.8 Å². The number of ether oxygens (including phenoxy) is 2. The minimum Gasteiger partial charge on any atom is -0.497 e. The molecule has 0 unspecified atom stereocenters. The molecule has 0 fully saturated rings. The van der Waals surface area contributed by atoms with E-state index in [2.05, 4.69) is 0 Å². The van der Waals surface area contributed by atoms with Gasteiger partial charge < -0.3 is 20.3 Å². The van der Waals surface area contributed by atoms with Crippen LogP contribution in [0, 0.1) is 0 Å². The van der Waals surface area contributed by atoms with E-state index in [0.717, 1.165) is 11.1 Å². The largest absolute Gasteiger partial charge is 0.497 e. The molecule has 0 heterocycles. The average molecular weight is 324 g/mol. The summed E-state index contributed by atoms with van der Waals surface area (Å²) in [4.78, 5) is 0. The molecule has 0 aliphatic rings. The lowest BCUT2D eigenvalue weighted by atomic mass is 9.96. The number of aliphatic hydroxyl groups is 1. The Labute approximate surface area is 137 Å². The van der Waals surface area contributed by atoms with E-state index in [1.807, 2.05) is 30.3 Å². The second kappa shape index (κ2) is 8.63. The molecule has 22 heavy (non-hydrogen) atoms. The Balaban J connectivity index is 0.00000242. The van der Waals surface area contributed by atoms with Crippen LogP contribution in [-0.2, 0) is 6.42 Å². The first kappa shape index (κ1) is 18.3. The van der Waals surface area contributed by atoms with Crippen molar-refractivity contribution in [3.63, 3.8) is 0 Å². The maximum atomic E-state index is 10.4.